The molecule has 2 rings (SSSR count). The van der Waals surface area contributed by atoms with Crippen LogP contribution in [0.25, 0.3) is 0 Å². The molecule has 3 N–H and O–H groups in total. The standard InChI is InChI=1S/C9H13N3O2S/c1-4-7(5(2)12-11-4)8-10-6(3-15-8)9(13)14/h6,8,10H,3H2,1-2H3,(H,11,12)(H,13,14)/t6-,8?/m1/s1. The van der Waals surface area contributed by atoms with Gasteiger partial charge in [-0.15, -0.1) is 11.8 Å². The molecule has 1 unspecified atom stereocenters. The van der Waals surface area contributed by atoms with E-state index in [9.17, 15) is 4.79 Å². The smallest absolute Gasteiger partial charge is 0.321 e. The van der Waals surface area contributed by atoms with Crippen molar-refractivity contribution in [3.05, 3.63) is 17.0 Å². The van der Waals surface area contributed by atoms with Crippen molar-refractivity contribution < 1.29 is 9.90 Å². The number of nitrogens with one attached hydrogen (secondary N) is 2. The molecule has 0 saturated carbocycles. The summed E-state index contributed by atoms with van der Waals surface area (Å²) < 4.78 is 0. The van der Waals surface area contributed by atoms with Gasteiger partial charge in [-0.2, -0.15) is 5.10 Å². The zero-order chi connectivity index (χ0) is 11.0. The van der Waals surface area contributed by atoms with Crippen LogP contribution in [-0.4, -0.2) is 33.1 Å². The summed E-state index contributed by atoms with van der Waals surface area (Å²) in [5.41, 5.74) is 3.02. The van der Waals surface area contributed by atoms with Gasteiger partial charge in [0.25, 0.3) is 0 Å². The molecule has 2 atom stereocenters. The van der Waals surface area contributed by atoms with Gasteiger partial charge >= 0.3 is 5.97 Å². The number of hydrogen-bond acceptors (Lipinski definition) is 4. The molecule has 0 spiro atoms. The third kappa shape index (κ3) is 1.87. The number of hydrogen-bond donors (Lipinski definition) is 3. The average Bonchev–Trinajstić information content (AvgIpc) is 2.73. The van der Waals surface area contributed by atoms with Crippen LogP contribution in [0, 0.1) is 13.8 Å². The maximum absolute atomic E-state index is 10.8. The second kappa shape index (κ2) is 3.86. The van der Waals surface area contributed by atoms with E-state index in [2.05, 4.69) is 15.5 Å². The van der Waals surface area contributed by atoms with Crippen molar-refractivity contribution in [2.45, 2.75) is 25.3 Å². The van der Waals surface area contributed by atoms with E-state index in [1.165, 1.54) is 0 Å². The van der Waals surface area contributed by atoms with Crippen molar-refractivity contribution in [3.8, 4) is 0 Å². The number of thioether (sulfide) groups is 1. The number of aromatic amines is 1. The summed E-state index contributed by atoms with van der Waals surface area (Å²) in [6.07, 6.45) is 0. The van der Waals surface area contributed by atoms with Crippen LogP contribution in [0.4, 0.5) is 0 Å². The average molecular weight is 227 g/mol. The number of carboxylic acid groups (broad SMARTS) is 1. The van der Waals surface area contributed by atoms with Crippen LogP contribution in [-0.2, 0) is 4.79 Å². The lowest BCUT2D eigenvalue weighted by Crippen LogP contribution is -2.33. The minimum atomic E-state index is -0.788. The second-order valence-corrected chi connectivity index (χ2v) is 4.76. The summed E-state index contributed by atoms with van der Waals surface area (Å²) >= 11 is 1.61. The normalized spacial score (nSPS) is 25.7. The summed E-state index contributed by atoms with van der Waals surface area (Å²) in [6.45, 7) is 3.88. The van der Waals surface area contributed by atoms with Crippen LogP contribution in [0.3, 0.4) is 0 Å². The van der Waals surface area contributed by atoms with E-state index in [1.807, 2.05) is 13.8 Å². The molecular formula is C9H13N3O2S. The Kier molecular flexibility index (Phi) is 2.70. The van der Waals surface area contributed by atoms with Gasteiger partial charge in [0.15, 0.2) is 0 Å². The fraction of sp³-hybridized carbons (Fsp3) is 0.556. The van der Waals surface area contributed by atoms with E-state index < -0.39 is 12.0 Å². The number of aliphatic carboxylic acids is 1. The summed E-state index contributed by atoms with van der Waals surface area (Å²) in [5, 5.41) is 19.0. The number of aryl methyl sites for hydroxylation is 2. The van der Waals surface area contributed by atoms with E-state index in [0.717, 1.165) is 17.0 Å². The van der Waals surface area contributed by atoms with Crippen LogP contribution in [0.2, 0.25) is 0 Å². The first-order valence-corrected chi connectivity index (χ1v) is 5.76. The predicted molar refractivity (Wildman–Crippen MR) is 57.8 cm³/mol. The van der Waals surface area contributed by atoms with Gasteiger partial charge in [-0.3, -0.25) is 15.2 Å². The highest BCUT2D eigenvalue weighted by Crippen LogP contribution is 2.35. The first-order chi connectivity index (χ1) is 7.09. The third-order valence-corrected chi connectivity index (χ3v) is 3.76. The molecule has 0 radical (unpaired) electrons. The van der Waals surface area contributed by atoms with E-state index in [-0.39, 0.29) is 5.37 Å². The first-order valence-electron chi connectivity index (χ1n) is 4.71. The van der Waals surface area contributed by atoms with Gasteiger partial charge in [0.2, 0.25) is 0 Å². The van der Waals surface area contributed by atoms with Crippen LogP contribution in [0.1, 0.15) is 22.3 Å². The van der Waals surface area contributed by atoms with E-state index >= 15 is 0 Å². The Bertz CT molecular complexity index is 371. The Hall–Kier alpha value is -1.01. The van der Waals surface area contributed by atoms with Gasteiger partial charge in [0.05, 0.1) is 11.1 Å². The van der Waals surface area contributed by atoms with Gasteiger partial charge in [0, 0.05) is 17.0 Å². The lowest BCUT2D eigenvalue weighted by atomic mass is 10.2. The summed E-state index contributed by atoms with van der Waals surface area (Å²) in [4.78, 5) is 10.8. The number of aromatic nitrogens is 2. The molecule has 82 valence electrons. The third-order valence-electron chi connectivity index (χ3n) is 2.53. The van der Waals surface area contributed by atoms with Gasteiger partial charge in [-0.05, 0) is 13.8 Å². The molecule has 1 aliphatic heterocycles. The second-order valence-electron chi connectivity index (χ2n) is 3.62. The van der Waals surface area contributed by atoms with Gasteiger partial charge in [-0.1, -0.05) is 0 Å². The Labute approximate surface area is 91.6 Å². The fourth-order valence-electron chi connectivity index (χ4n) is 1.73. The zero-order valence-electron chi connectivity index (χ0n) is 8.57. The fourth-order valence-corrected chi connectivity index (χ4v) is 3.12. The summed E-state index contributed by atoms with van der Waals surface area (Å²) in [7, 11) is 0. The number of H-pyrrole nitrogens is 1. The Morgan fingerprint density at radius 3 is 2.80 bits per heavy atom. The number of carboxylic acids is 1. The van der Waals surface area contributed by atoms with E-state index in [4.69, 9.17) is 5.11 Å². The minimum absolute atomic E-state index is 0.0462. The van der Waals surface area contributed by atoms with Crippen LogP contribution in [0.5, 0.6) is 0 Å². The maximum atomic E-state index is 10.8. The molecular weight excluding hydrogens is 214 g/mol. The first kappa shape index (κ1) is 10.5. The maximum Gasteiger partial charge on any atom is 0.321 e. The molecule has 1 aromatic rings. The molecule has 0 aliphatic carbocycles. The molecule has 0 bridgehead atoms. The van der Waals surface area contributed by atoms with Gasteiger partial charge in [0.1, 0.15) is 6.04 Å². The van der Waals surface area contributed by atoms with Crippen LogP contribution < -0.4 is 5.32 Å². The van der Waals surface area contributed by atoms with Crippen LogP contribution in [0.15, 0.2) is 0 Å². The number of nitrogens with zero attached hydrogens (tertiary/aromatic N) is 1. The van der Waals surface area contributed by atoms with Crippen molar-refractivity contribution >= 4 is 17.7 Å². The molecule has 5 nitrogen and oxygen atoms in total. The molecule has 0 amide bonds. The highest BCUT2D eigenvalue weighted by Gasteiger charge is 2.32. The molecule has 1 aliphatic rings. The predicted octanol–water partition coefficient (Wildman–Crippen LogP) is 0.815. The van der Waals surface area contributed by atoms with Crippen molar-refractivity contribution in [1.29, 1.82) is 0 Å². The zero-order valence-corrected chi connectivity index (χ0v) is 9.39. The number of rotatable bonds is 2. The molecule has 1 aromatic heterocycles. The van der Waals surface area contributed by atoms with Crippen molar-refractivity contribution in [2.24, 2.45) is 0 Å². The topological polar surface area (TPSA) is 78.0 Å². The molecule has 1 saturated heterocycles. The highest BCUT2D eigenvalue weighted by atomic mass is 32.2. The largest absolute Gasteiger partial charge is 0.480 e. The van der Waals surface area contributed by atoms with Gasteiger partial charge in [-0.25, -0.2) is 0 Å². The minimum Gasteiger partial charge on any atom is -0.480 e. The number of carbonyl (C=O) groups is 1. The molecule has 1 fully saturated rings. The van der Waals surface area contributed by atoms with E-state index in [1.54, 1.807) is 11.8 Å². The molecule has 0 aromatic carbocycles. The SMILES string of the molecule is Cc1n[nH]c(C)c1C1N[C@@H](C(=O)O)CS1. The van der Waals surface area contributed by atoms with E-state index in [0.29, 0.717) is 5.75 Å². The summed E-state index contributed by atoms with van der Waals surface area (Å²) in [6, 6.07) is -0.450. The monoisotopic (exact) mass is 227 g/mol. The Balaban J connectivity index is 2.17. The Morgan fingerprint density at radius 2 is 2.33 bits per heavy atom. The van der Waals surface area contributed by atoms with Crippen molar-refractivity contribution in [2.75, 3.05) is 5.75 Å². The summed E-state index contributed by atoms with van der Waals surface area (Å²) in [5.74, 6) is -0.187. The Morgan fingerprint density at radius 1 is 1.60 bits per heavy atom. The molecule has 2 heterocycles. The highest BCUT2D eigenvalue weighted by molar-refractivity contribution is 7.99. The van der Waals surface area contributed by atoms with Gasteiger partial charge < -0.3 is 5.11 Å². The molecule has 15 heavy (non-hydrogen) atoms. The van der Waals surface area contributed by atoms with Crippen molar-refractivity contribution in [1.82, 2.24) is 15.5 Å². The van der Waals surface area contributed by atoms with Crippen LogP contribution >= 0.6 is 11.8 Å². The molecule has 6 heteroatoms. The quantitative estimate of drug-likeness (QED) is 0.697. The lowest BCUT2D eigenvalue weighted by Gasteiger charge is -2.11. The van der Waals surface area contributed by atoms with Crippen molar-refractivity contribution in [3.63, 3.8) is 0 Å². The lowest BCUT2D eigenvalue weighted by molar-refractivity contribution is -0.138.